The maximum absolute atomic E-state index is 13.1. The molecule has 5 fully saturated rings. The molecule has 1 aliphatic heterocycles. The molecule has 4 aliphatic carbocycles. The summed E-state index contributed by atoms with van der Waals surface area (Å²) in [5, 5.41) is 3.14. The molecular weight excluding hydrogens is 453 g/mol. The minimum Gasteiger partial charge on any atom is -0.356 e. The molecule has 4 bridgehead atoms. The summed E-state index contributed by atoms with van der Waals surface area (Å²) in [5.41, 5.74) is -1.16. The fraction of sp³-hybridized carbons (Fsp3) is 0.708. The Morgan fingerprint density at radius 2 is 1.73 bits per heavy atom. The van der Waals surface area contributed by atoms with Crippen molar-refractivity contribution < 1.29 is 26.4 Å². The van der Waals surface area contributed by atoms with Gasteiger partial charge in [-0.3, -0.25) is 4.79 Å². The Hall–Kier alpha value is -1.61. The van der Waals surface area contributed by atoms with Crippen molar-refractivity contribution in [3.8, 4) is 0 Å². The summed E-state index contributed by atoms with van der Waals surface area (Å²) in [6.45, 7) is 1.07. The maximum atomic E-state index is 13.1. The van der Waals surface area contributed by atoms with Crippen LogP contribution in [-0.4, -0.2) is 38.3 Å². The van der Waals surface area contributed by atoms with Gasteiger partial charge in [-0.1, -0.05) is 6.07 Å². The number of carbonyl (C=O) groups is 1. The highest BCUT2D eigenvalue weighted by Crippen LogP contribution is 2.60. The predicted molar refractivity (Wildman–Crippen MR) is 117 cm³/mol. The number of nitrogens with zero attached hydrogens (tertiary/aromatic N) is 1. The summed E-state index contributed by atoms with van der Waals surface area (Å²) in [5.74, 6) is 2.36. The summed E-state index contributed by atoms with van der Waals surface area (Å²) < 4.78 is 66.0. The van der Waals surface area contributed by atoms with Crippen LogP contribution in [-0.2, 0) is 21.0 Å². The van der Waals surface area contributed by atoms with E-state index in [1.807, 2.05) is 0 Å². The zero-order valence-electron chi connectivity index (χ0n) is 18.6. The van der Waals surface area contributed by atoms with E-state index in [-0.39, 0.29) is 35.2 Å². The van der Waals surface area contributed by atoms with Crippen LogP contribution >= 0.6 is 0 Å². The minimum atomic E-state index is -4.59. The van der Waals surface area contributed by atoms with E-state index in [9.17, 15) is 26.4 Å². The van der Waals surface area contributed by atoms with Crippen LogP contribution in [0.15, 0.2) is 29.2 Å². The van der Waals surface area contributed by atoms with Gasteiger partial charge in [0, 0.05) is 25.0 Å². The second kappa shape index (κ2) is 8.26. The number of hydrogen-bond acceptors (Lipinski definition) is 3. The molecule has 1 aromatic rings. The van der Waals surface area contributed by atoms with Crippen LogP contribution in [0.25, 0.3) is 0 Å². The van der Waals surface area contributed by atoms with E-state index in [1.165, 1.54) is 29.6 Å². The van der Waals surface area contributed by atoms with Crippen molar-refractivity contribution in [2.24, 2.45) is 29.1 Å². The van der Waals surface area contributed by atoms with Crippen molar-refractivity contribution in [3.05, 3.63) is 29.8 Å². The summed E-state index contributed by atoms with van der Waals surface area (Å²) >= 11 is 0. The summed E-state index contributed by atoms with van der Waals surface area (Å²) in [6, 6.07) is 3.92. The Morgan fingerprint density at radius 3 is 2.33 bits per heavy atom. The van der Waals surface area contributed by atoms with E-state index in [4.69, 9.17) is 0 Å². The van der Waals surface area contributed by atoms with Gasteiger partial charge in [0.25, 0.3) is 0 Å². The van der Waals surface area contributed by atoms with Gasteiger partial charge in [-0.25, -0.2) is 8.42 Å². The number of alkyl halides is 3. The molecule has 1 atom stereocenters. The average molecular weight is 485 g/mol. The first-order valence-corrected chi connectivity index (χ1v) is 13.4. The van der Waals surface area contributed by atoms with Crippen molar-refractivity contribution in [1.82, 2.24) is 9.62 Å². The topological polar surface area (TPSA) is 66.5 Å². The van der Waals surface area contributed by atoms with Crippen LogP contribution < -0.4 is 5.32 Å². The zero-order chi connectivity index (χ0) is 23.4. The standard InChI is InChI=1S/C24H31F3N2O3S/c25-24(26,27)20-2-1-3-21(11-20)33(31,32)29-7-5-16(15-29)4-6-28-22(30)23-12-17-8-18(13-23)10-19(9-17)14-23/h1-3,11,16-19H,4-10,12-15H2,(H,28,30). The Morgan fingerprint density at radius 1 is 1.09 bits per heavy atom. The lowest BCUT2D eigenvalue weighted by atomic mass is 9.49. The van der Waals surface area contributed by atoms with Crippen LogP contribution in [0.1, 0.15) is 56.9 Å². The van der Waals surface area contributed by atoms with Crippen molar-refractivity contribution in [1.29, 1.82) is 0 Å². The van der Waals surface area contributed by atoms with Crippen molar-refractivity contribution in [2.75, 3.05) is 19.6 Å². The molecule has 1 amide bonds. The molecule has 1 saturated heterocycles. The van der Waals surface area contributed by atoms with Gasteiger partial charge >= 0.3 is 6.18 Å². The highest BCUT2D eigenvalue weighted by Gasteiger charge is 2.54. The van der Waals surface area contributed by atoms with Gasteiger partial charge in [0.05, 0.1) is 10.5 Å². The molecule has 1 N–H and O–H groups in total. The van der Waals surface area contributed by atoms with E-state index >= 15 is 0 Å². The van der Waals surface area contributed by atoms with Gasteiger partial charge in [0.15, 0.2) is 0 Å². The summed E-state index contributed by atoms with van der Waals surface area (Å²) in [6.07, 6.45) is 3.61. The fourth-order valence-electron chi connectivity index (χ4n) is 7.20. The van der Waals surface area contributed by atoms with Gasteiger partial charge in [0.1, 0.15) is 0 Å². The first-order chi connectivity index (χ1) is 15.5. The molecule has 1 unspecified atom stereocenters. The minimum absolute atomic E-state index is 0.0854. The lowest BCUT2D eigenvalue weighted by Gasteiger charge is -2.55. The monoisotopic (exact) mass is 484 g/mol. The quantitative estimate of drug-likeness (QED) is 0.649. The van der Waals surface area contributed by atoms with E-state index in [2.05, 4.69) is 5.32 Å². The maximum Gasteiger partial charge on any atom is 0.416 e. The molecule has 6 rings (SSSR count). The predicted octanol–water partition coefficient (Wildman–Crippen LogP) is 4.44. The third kappa shape index (κ3) is 4.43. The summed E-state index contributed by atoms with van der Waals surface area (Å²) in [7, 11) is -3.98. The number of halogens is 3. The first-order valence-electron chi connectivity index (χ1n) is 12.0. The largest absolute Gasteiger partial charge is 0.416 e. The number of benzene rings is 1. The Labute approximate surface area is 193 Å². The SMILES string of the molecule is O=C(NCCC1CCN(S(=O)(=O)c2cccc(C(F)(F)F)c2)C1)C12CC3CC(CC(C3)C1)C2. The van der Waals surface area contributed by atoms with Gasteiger partial charge < -0.3 is 5.32 Å². The lowest BCUT2D eigenvalue weighted by molar-refractivity contribution is -0.146. The van der Waals surface area contributed by atoms with Crippen molar-refractivity contribution in [2.45, 2.75) is 62.4 Å². The molecule has 5 aliphatic rings. The van der Waals surface area contributed by atoms with E-state index in [0.717, 1.165) is 31.4 Å². The Kier molecular flexibility index (Phi) is 5.79. The van der Waals surface area contributed by atoms with Gasteiger partial charge in [-0.15, -0.1) is 0 Å². The molecule has 9 heteroatoms. The number of sulfonamides is 1. The van der Waals surface area contributed by atoms with Crippen molar-refractivity contribution in [3.63, 3.8) is 0 Å². The van der Waals surface area contributed by atoms with Crippen LogP contribution in [0.3, 0.4) is 0 Å². The highest BCUT2D eigenvalue weighted by molar-refractivity contribution is 7.89. The molecule has 0 spiro atoms. The number of nitrogens with one attached hydrogen (secondary N) is 1. The second-order valence-electron chi connectivity index (χ2n) is 10.8. The van der Waals surface area contributed by atoms with E-state index in [0.29, 0.717) is 43.2 Å². The molecule has 5 nitrogen and oxygen atoms in total. The summed E-state index contributed by atoms with van der Waals surface area (Å²) in [4.78, 5) is 12.8. The number of hydrogen-bond donors (Lipinski definition) is 1. The molecule has 1 heterocycles. The normalized spacial score (nSPS) is 34.0. The fourth-order valence-corrected chi connectivity index (χ4v) is 8.78. The molecular formula is C24H31F3N2O3S. The van der Waals surface area contributed by atoms with E-state index < -0.39 is 21.8 Å². The lowest BCUT2D eigenvalue weighted by Crippen LogP contribution is -2.53. The van der Waals surface area contributed by atoms with E-state index in [1.54, 1.807) is 0 Å². The van der Waals surface area contributed by atoms with Crippen LogP contribution in [0.5, 0.6) is 0 Å². The molecule has 33 heavy (non-hydrogen) atoms. The van der Waals surface area contributed by atoms with Gasteiger partial charge in [-0.2, -0.15) is 17.5 Å². The first kappa shape index (κ1) is 23.1. The highest BCUT2D eigenvalue weighted by atomic mass is 32.2. The Bertz CT molecular complexity index is 989. The molecule has 0 aromatic heterocycles. The molecule has 4 saturated carbocycles. The zero-order valence-corrected chi connectivity index (χ0v) is 19.4. The number of carbonyl (C=O) groups excluding carboxylic acids is 1. The smallest absolute Gasteiger partial charge is 0.356 e. The molecule has 1 aromatic carbocycles. The van der Waals surface area contributed by atoms with Crippen LogP contribution in [0.2, 0.25) is 0 Å². The van der Waals surface area contributed by atoms with Crippen LogP contribution in [0.4, 0.5) is 13.2 Å². The average Bonchev–Trinajstić information content (AvgIpc) is 3.22. The second-order valence-corrected chi connectivity index (χ2v) is 12.7. The number of rotatable bonds is 6. The third-order valence-electron chi connectivity index (χ3n) is 8.41. The van der Waals surface area contributed by atoms with Crippen LogP contribution in [0, 0.1) is 29.1 Å². The van der Waals surface area contributed by atoms with Gasteiger partial charge in [0.2, 0.25) is 15.9 Å². The number of amides is 1. The Balaban J connectivity index is 1.15. The molecule has 0 radical (unpaired) electrons. The van der Waals surface area contributed by atoms with Gasteiger partial charge in [-0.05, 0) is 93.2 Å². The third-order valence-corrected chi connectivity index (χ3v) is 10.3. The molecule has 182 valence electrons. The van der Waals surface area contributed by atoms with Crippen molar-refractivity contribution >= 4 is 15.9 Å².